The molecule has 0 spiro atoms. The van der Waals surface area contributed by atoms with Crippen molar-refractivity contribution in [3.05, 3.63) is 52.9 Å². The number of likely N-dealkylation sites (tertiary alicyclic amines) is 1. The van der Waals surface area contributed by atoms with Crippen LogP contribution in [0.5, 0.6) is 11.5 Å². The fraction of sp³-hybridized carbons (Fsp3) is 0.370. The van der Waals surface area contributed by atoms with Crippen molar-refractivity contribution >= 4 is 34.8 Å². The maximum absolute atomic E-state index is 13.0. The molecule has 2 aliphatic heterocycles. The van der Waals surface area contributed by atoms with Gasteiger partial charge < -0.3 is 30.0 Å². The monoisotopic (exact) mass is 523 g/mol. The molecule has 2 aromatic heterocycles. The SMILES string of the molecule is CCC(=O)N1CCCC1COc1cnccc1-c1[nH]c2c(c1Nc1cccc(Cl)c1OC)C(=O)NCC2. The summed E-state index contributed by atoms with van der Waals surface area (Å²) in [5.41, 5.74) is 4.07. The molecule has 1 atom stereocenters. The zero-order chi connectivity index (χ0) is 25.9. The molecule has 1 saturated heterocycles. The second kappa shape index (κ2) is 10.7. The predicted molar refractivity (Wildman–Crippen MR) is 142 cm³/mol. The summed E-state index contributed by atoms with van der Waals surface area (Å²) in [6.45, 7) is 3.56. The van der Waals surface area contributed by atoms with Gasteiger partial charge in [0.05, 0.1) is 47.0 Å². The van der Waals surface area contributed by atoms with Crippen LogP contribution >= 0.6 is 11.6 Å². The first-order chi connectivity index (χ1) is 18.0. The number of ether oxygens (including phenoxy) is 2. The average Bonchev–Trinajstić information content (AvgIpc) is 3.53. The van der Waals surface area contributed by atoms with E-state index in [0.717, 1.165) is 30.6 Å². The van der Waals surface area contributed by atoms with Gasteiger partial charge in [0.2, 0.25) is 5.91 Å². The number of rotatable bonds is 8. The van der Waals surface area contributed by atoms with E-state index in [9.17, 15) is 9.59 Å². The zero-order valence-corrected chi connectivity index (χ0v) is 21.7. The Balaban J connectivity index is 1.52. The van der Waals surface area contributed by atoms with Gasteiger partial charge in [0, 0.05) is 43.4 Å². The highest BCUT2D eigenvalue weighted by molar-refractivity contribution is 6.32. The molecule has 2 aliphatic rings. The van der Waals surface area contributed by atoms with Crippen LogP contribution in [0.25, 0.3) is 11.3 Å². The number of amides is 2. The highest BCUT2D eigenvalue weighted by Gasteiger charge is 2.31. The molecule has 0 aliphatic carbocycles. The van der Waals surface area contributed by atoms with Gasteiger partial charge in [0.1, 0.15) is 12.4 Å². The molecule has 9 nitrogen and oxygen atoms in total. The third-order valence-electron chi connectivity index (χ3n) is 6.88. The molecule has 3 aromatic rings. The third-order valence-corrected chi connectivity index (χ3v) is 7.18. The van der Waals surface area contributed by atoms with Crippen molar-refractivity contribution < 1.29 is 19.1 Å². The Kier molecular flexibility index (Phi) is 7.23. The van der Waals surface area contributed by atoms with Crippen molar-refractivity contribution in [3.63, 3.8) is 0 Å². The first kappa shape index (κ1) is 25.0. The number of fused-ring (bicyclic) bond motifs is 1. The van der Waals surface area contributed by atoms with Gasteiger partial charge in [-0.05, 0) is 31.0 Å². The first-order valence-electron chi connectivity index (χ1n) is 12.5. The molecule has 1 unspecified atom stereocenters. The normalized spacial score (nSPS) is 16.8. The minimum absolute atomic E-state index is 0.0245. The van der Waals surface area contributed by atoms with E-state index in [4.69, 9.17) is 21.1 Å². The first-order valence-corrected chi connectivity index (χ1v) is 12.9. The molecule has 1 fully saturated rings. The van der Waals surface area contributed by atoms with E-state index >= 15 is 0 Å². The Hall–Kier alpha value is -3.72. The number of aromatic nitrogens is 2. The highest BCUT2D eigenvalue weighted by atomic mass is 35.5. The van der Waals surface area contributed by atoms with E-state index in [1.54, 1.807) is 25.6 Å². The van der Waals surface area contributed by atoms with Crippen molar-refractivity contribution in [2.24, 2.45) is 0 Å². The molecule has 1 aromatic carbocycles. The molecule has 3 N–H and O–H groups in total. The lowest BCUT2D eigenvalue weighted by Gasteiger charge is -2.25. The van der Waals surface area contributed by atoms with Crippen molar-refractivity contribution in [2.45, 2.75) is 38.6 Å². The third kappa shape index (κ3) is 4.83. The fourth-order valence-corrected chi connectivity index (χ4v) is 5.34. The van der Waals surface area contributed by atoms with Crippen LogP contribution in [0.4, 0.5) is 11.4 Å². The number of halogens is 1. The maximum Gasteiger partial charge on any atom is 0.255 e. The van der Waals surface area contributed by atoms with E-state index in [-0.39, 0.29) is 17.9 Å². The van der Waals surface area contributed by atoms with Crippen LogP contribution < -0.4 is 20.1 Å². The van der Waals surface area contributed by atoms with E-state index in [1.807, 2.05) is 30.0 Å². The number of aromatic amines is 1. The minimum atomic E-state index is -0.163. The molecule has 194 valence electrons. The number of methoxy groups -OCH3 is 1. The van der Waals surface area contributed by atoms with Gasteiger partial charge in [-0.3, -0.25) is 14.6 Å². The van der Waals surface area contributed by atoms with Crippen LogP contribution in [0.15, 0.2) is 36.7 Å². The molecule has 5 rings (SSSR count). The average molecular weight is 524 g/mol. The van der Waals surface area contributed by atoms with E-state index in [0.29, 0.717) is 65.1 Å². The topological polar surface area (TPSA) is 109 Å². The molecule has 37 heavy (non-hydrogen) atoms. The maximum atomic E-state index is 13.0. The molecule has 10 heteroatoms. The van der Waals surface area contributed by atoms with Crippen molar-refractivity contribution in [1.82, 2.24) is 20.2 Å². The van der Waals surface area contributed by atoms with Crippen LogP contribution in [0.1, 0.15) is 42.2 Å². The van der Waals surface area contributed by atoms with Gasteiger partial charge >= 0.3 is 0 Å². The Morgan fingerprint density at radius 1 is 1.32 bits per heavy atom. The summed E-state index contributed by atoms with van der Waals surface area (Å²) < 4.78 is 11.8. The van der Waals surface area contributed by atoms with E-state index in [1.165, 1.54) is 0 Å². The molecule has 2 amide bonds. The predicted octanol–water partition coefficient (Wildman–Crippen LogP) is 4.55. The summed E-state index contributed by atoms with van der Waals surface area (Å²) >= 11 is 6.36. The summed E-state index contributed by atoms with van der Waals surface area (Å²) in [4.78, 5) is 35.0. The Morgan fingerprint density at radius 3 is 3.00 bits per heavy atom. The Morgan fingerprint density at radius 2 is 2.19 bits per heavy atom. The number of hydrogen-bond donors (Lipinski definition) is 3. The van der Waals surface area contributed by atoms with Gasteiger partial charge in [-0.25, -0.2) is 0 Å². The van der Waals surface area contributed by atoms with Crippen molar-refractivity contribution in [2.75, 3.05) is 32.1 Å². The van der Waals surface area contributed by atoms with Gasteiger partial charge in [-0.1, -0.05) is 24.6 Å². The number of nitrogens with zero attached hydrogens (tertiary/aromatic N) is 2. The molecule has 0 saturated carbocycles. The van der Waals surface area contributed by atoms with Gasteiger partial charge in [-0.2, -0.15) is 0 Å². The molecule has 0 bridgehead atoms. The summed E-state index contributed by atoms with van der Waals surface area (Å²) in [6, 6.07) is 7.29. The quantitative estimate of drug-likeness (QED) is 0.400. The van der Waals surface area contributed by atoms with E-state index in [2.05, 4.69) is 20.6 Å². The van der Waals surface area contributed by atoms with Gasteiger partial charge in [-0.15, -0.1) is 0 Å². The zero-order valence-electron chi connectivity index (χ0n) is 20.9. The molecule has 0 radical (unpaired) electrons. The number of hydrogen-bond acceptors (Lipinski definition) is 6. The lowest BCUT2D eigenvalue weighted by molar-refractivity contribution is -0.132. The number of carbonyl (C=O) groups excluding carboxylic acids is 2. The Bertz CT molecular complexity index is 1320. The summed E-state index contributed by atoms with van der Waals surface area (Å²) in [5.74, 6) is 1.03. The Labute approximate surface area is 220 Å². The number of nitrogens with one attached hydrogen (secondary N) is 3. The van der Waals surface area contributed by atoms with Crippen molar-refractivity contribution in [3.8, 4) is 22.8 Å². The summed E-state index contributed by atoms with van der Waals surface area (Å²) in [6.07, 6.45) is 6.37. The van der Waals surface area contributed by atoms with Crippen LogP contribution in [0.3, 0.4) is 0 Å². The van der Waals surface area contributed by atoms with Crippen LogP contribution in [-0.4, -0.2) is 59.5 Å². The minimum Gasteiger partial charge on any atom is -0.493 e. The fourth-order valence-electron chi connectivity index (χ4n) is 5.08. The standard InChI is InChI=1S/C27H30ClN5O4/c1-3-22(34)33-13-5-6-16(33)15-37-21-14-29-11-9-17(21)24-25(23-19(31-24)10-12-30-27(23)35)32-20-8-4-7-18(28)26(20)36-2/h4,7-9,11,14,16,31-32H,3,5-6,10,12-13,15H2,1-2H3,(H,30,35). The molecular weight excluding hydrogens is 494 g/mol. The van der Waals surface area contributed by atoms with E-state index < -0.39 is 0 Å². The van der Waals surface area contributed by atoms with Crippen molar-refractivity contribution in [1.29, 1.82) is 0 Å². The van der Waals surface area contributed by atoms with Gasteiger partial charge in [0.15, 0.2) is 5.75 Å². The second-order valence-electron chi connectivity index (χ2n) is 9.10. The molecular formula is C27H30ClN5O4. The van der Waals surface area contributed by atoms with Crippen LogP contribution in [0, 0.1) is 0 Å². The summed E-state index contributed by atoms with van der Waals surface area (Å²) in [5, 5.41) is 6.78. The number of carbonyl (C=O) groups is 2. The van der Waals surface area contributed by atoms with Crippen LogP contribution in [0.2, 0.25) is 5.02 Å². The molecule has 4 heterocycles. The lowest BCUT2D eigenvalue weighted by Crippen LogP contribution is -2.38. The smallest absolute Gasteiger partial charge is 0.255 e. The number of pyridine rings is 1. The van der Waals surface area contributed by atoms with Crippen LogP contribution in [-0.2, 0) is 11.2 Å². The second-order valence-corrected chi connectivity index (χ2v) is 9.51. The number of benzene rings is 1. The summed E-state index contributed by atoms with van der Waals surface area (Å²) in [7, 11) is 1.55. The van der Waals surface area contributed by atoms with Gasteiger partial charge in [0.25, 0.3) is 5.91 Å². The number of para-hydroxylation sites is 1. The highest BCUT2D eigenvalue weighted by Crippen LogP contribution is 2.43. The number of H-pyrrole nitrogens is 1. The largest absolute Gasteiger partial charge is 0.493 e. The number of anilines is 2. The lowest BCUT2D eigenvalue weighted by atomic mass is 10.0.